The molecule has 0 saturated heterocycles. The number of rotatable bonds is 6. The van der Waals surface area contributed by atoms with Crippen LogP contribution in [0.25, 0.3) is 0 Å². The van der Waals surface area contributed by atoms with Crippen LogP contribution in [0.1, 0.15) is 40.1 Å². The summed E-state index contributed by atoms with van der Waals surface area (Å²) in [4.78, 5) is 33.9. The number of hydrogen-bond donors (Lipinski definition) is 0. The molecule has 2 aromatic carbocycles. The molecule has 7 heteroatoms. The number of esters is 2. The van der Waals surface area contributed by atoms with Crippen LogP contribution in [0.4, 0.5) is 5.69 Å². The van der Waals surface area contributed by atoms with Gasteiger partial charge in [-0.1, -0.05) is 18.2 Å². The van der Waals surface area contributed by atoms with Crippen LogP contribution in [-0.4, -0.2) is 23.0 Å². The van der Waals surface area contributed by atoms with Crippen LogP contribution in [-0.2, 0) is 16.1 Å². The fourth-order valence-corrected chi connectivity index (χ4v) is 2.00. The van der Waals surface area contributed by atoms with Gasteiger partial charge in [0.1, 0.15) is 6.61 Å². The van der Waals surface area contributed by atoms with E-state index in [0.717, 1.165) is 6.07 Å². The normalized spacial score (nSPS) is 10.4. The molecule has 0 amide bonds. The first-order valence-electron chi connectivity index (χ1n) is 7.58. The van der Waals surface area contributed by atoms with Crippen LogP contribution in [0.2, 0.25) is 0 Å². The summed E-state index contributed by atoms with van der Waals surface area (Å²) in [6.45, 7) is 3.51. The van der Waals surface area contributed by atoms with E-state index in [1.165, 1.54) is 18.2 Å². The van der Waals surface area contributed by atoms with Crippen molar-refractivity contribution in [3.8, 4) is 0 Å². The van der Waals surface area contributed by atoms with E-state index in [1.807, 2.05) is 0 Å². The summed E-state index contributed by atoms with van der Waals surface area (Å²) in [7, 11) is 0. The summed E-state index contributed by atoms with van der Waals surface area (Å²) in [5.41, 5.74) is 1.01. The van der Waals surface area contributed by atoms with E-state index >= 15 is 0 Å². The minimum Gasteiger partial charge on any atom is -0.459 e. The average molecular weight is 343 g/mol. The van der Waals surface area contributed by atoms with E-state index in [4.69, 9.17) is 9.47 Å². The Bertz CT molecular complexity index is 782. The van der Waals surface area contributed by atoms with E-state index < -0.39 is 16.9 Å². The van der Waals surface area contributed by atoms with Gasteiger partial charge in [-0.2, -0.15) is 0 Å². The SMILES string of the molecule is CC(C)OC(=O)c1ccc(COC(=O)c2cccc([N+](=O)[O-])c2)cc1. The quantitative estimate of drug-likeness (QED) is 0.452. The Hall–Kier alpha value is -3.22. The summed E-state index contributed by atoms with van der Waals surface area (Å²) in [6, 6.07) is 11.8. The average Bonchev–Trinajstić information content (AvgIpc) is 2.59. The lowest BCUT2D eigenvalue weighted by atomic mass is 10.1. The second kappa shape index (κ2) is 8.05. The Morgan fingerprint density at radius 3 is 2.32 bits per heavy atom. The number of nitro groups is 1. The Kier molecular flexibility index (Phi) is 5.84. The lowest BCUT2D eigenvalue weighted by molar-refractivity contribution is -0.384. The monoisotopic (exact) mass is 343 g/mol. The molecule has 0 aliphatic carbocycles. The molecule has 0 fully saturated rings. The van der Waals surface area contributed by atoms with Gasteiger partial charge >= 0.3 is 11.9 Å². The van der Waals surface area contributed by atoms with E-state index in [1.54, 1.807) is 38.1 Å². The molecule has 0 N–H and O–H groups in total. The van der Waals surface area contributed by atoms with Crippen molar-refractivity contribution in [2.24, 2.45) is 0 Å². The predicted molar refractivity (Wildman–Crippen MR) is 89.2 cm³/mol. The number of non-ortho nitro benzene ring substituents is 1. The van der Waals surface area contributed by atoms with Gasteiger partial charge in [0.25, 0.3) is 5.69 Å². The Morgan fingerprint density at radius 1 is 1.04 bits per heavy atom. The highest BCUT2D eigenvalue weighted by Gasteiger charge is 2.13. The van der Waals surface area contributed by atoms with E-state index in [-0.39, 0.29) is 24.0 Å². The Morgan fingerprint density at radius 2 is 1.72 bits per heavy atom. The molecule has 0 spiro atoms. The van der Waals surface area contributed by atoms with Gasteiger partial charge < -0.3 is 9.47 Å². The lowest BCUT2D eigenvalue weighted by Crippen LogP contribution is -2.11. The van der Waals surface area contributed by atoms with Crippen LogP contribution >= 0.6 is 0 Å². The molecular formula is C18H17NO6. The third-order valence-electron chi connectivity index (χ3n) is 3.19. The first kappa shape index (κ1) is 18.1. The molecule has 0 radical (unpaired) electrons. The van der Waals surface area contributed by atoms with Gasteiger partial charge in [-0.3, -0.25) is 10.1 Å². The van der Waals surface area contributed by atoms with E-state index in [2.05, 4.69) is 0 Å². The van der Waals surface area contributed by atoms with Crippen molar-refractivity contribution in [1.82, 2.24) is 0 Å². The van der Waals surface area contributed by atoms with Crippen molar-refractivity contribution < 1.29 is 24.0 Å². The summed E-state index contributed by atoms with van der Waals surface area (Å²) < 4.78 is 10.2. The highest BCUT2D eigenvalue weighted by molar-refractivity contribution is 5.90. The highest BCUT2D eigenvalue weighted by atomic mass is 16.6. The van der Waals surface area contributed by atoms with Crippen molar-refractivity contribution >= 4 is 17.6 Å². The molecule has 7 nitrogen and oxygen atoms in total. The van der Waals surface area contributed by atoms with Gasteiger partial charge in [-0.05, 0) is 37.6 Å². The maximum atomic E-state index is 12.0. The zero-order valence-corrected chi connectivity index (χ0v) is 13.8. The third kappa shape index (κ3) is 5.13. The van der Waals surface area contributed by atoms with Crippen LogP contribution in [0, 0.1) is 10.1 Å². The van der Waals surface area contributed by atoms with E-state index in [9.17, 15) is 19.7 Å². The summed E-state index contributed by atoms with van der Waals surface area (Å²) in [5, 5.41) is 10.7. The maximum absolute atomic E-state index is 12.0. The minimum atomic E-state index is -0.660. The number of nitrogens with zero attached hydrogens (tertiary/aromatic N) is 1. The topological polar surface area (TPSA) is 95.7 Å². The smallest absolute Gasteiger partial charge is 0.338 e. The molecule has 0 unspecified atom stereocenters. The summed E-state index contributed by atoms with van der Waals surface area (Å²) in [6.07, 6.45) is -0.205. The Balaban J connectivity index is 1.97. The van der Waals surface area contributed by atoms with Crippen molar-refractivity contribution in [3.63, 3.8) is 0 Å². The van der Waals surface area contributed by atoms with Gasteiger partial charge in [0.2, 0.25) is 0 Å². The van der Waals surface area contributed by atoms with Crippen LogP contribution < -0.4 is 0 Å². The van der Waals surface area contributed by atoms with Crippen molar-refractivity contribution in [1.29, 1.82) is 0 Å². The number of carbonyl (C=O) groups excluding carboxylic acids is 2. The molecular weight excluding hydrogens is 326 g/mol. The molecule has 0 saturated carbocycles. The second-order valence-electron chi connectivity index (χ2n) is 5.53. The maximum Gasteiger partial charge on any atom is 0.338 e. The van der Waals surface area contributed by atoms with Gasteiger partial charge in [0.05, 0.1) is 22.2 Å². The van der Waals surface area contributed by atoms with Crippen LogP contribution in [0.5, 0.6) is 0 Å². The number of carbonyl (C=O) groups is 2. The summed E-state index contributed by atoms with van der Waals surface area (Å²) >= 11 is 0. The molecule has 0 heterocycles. The third-order valence-corrected chi connectivity index (χ3v) is 3.19. The number of ether oxygens (including phenoxy) is 2. The zero-order valence-electron chi connectivity index (χ0n) is 13.8. The molecule has 130 valence electrons. The first-order chi connectivity index (χ1) is 11.9. The van der Waals surface area contributed by atoms with Crippen molar-refractivity contribution in [3.05, 3.63) is 75.3 Å². The van der Waals surface area contributed by atoms with Crippen LogP contribution in [0.3, 0.4) is 0 Å². The molecule has 0 atom stereocenters. The van der Waals surface area contributed by atoms with E-state index in [0.29, 0.717) is 11.1 Å². The number of benzene rings is 2. The second-order valence-corrected chi connectivity index (χ2v) is 5.53. The number of hydrogen-bond acceptors (Lipinski definition) is 6. The van der Waals surface area contributed by atoms with Gasteiger partial charge in [-0.15, -0.1) is 0 Å². The minimum absolute atomic E-state index is 0.0129. The Labute approximate surface area is 144 Å². The highest BCUT2D eigenvalue weighted by Crippen LogP contribution is 2.15. The zero-order chi connectivity index (χ0) is 18.4. The molecule has 0 aliphatic heterocycles. The predicted octanol–water partition coefficient (Wildman–Crippen LogP) is 3.52. The van der Waals surface area contributed by atoms with Gasteiger partial charge in [0, 0.05) is 12.1 Å². The van der Waals surface area contributed by atoms with Crippen molar-refractivity contribution in [2.75, 3.05) is 0 Å². The molecule has 0 aromatic heterocycles. The lowest BCUT2D eigenvalue weighted by Gasteiger charge is -2.09. The first-order valence-corrected chi connectivity index (χ1v) is 7.58. The van der Waals surface area contributed by atoms with Gasteiger partial charge in [-0.25, -0.2) is 9.59 Å². The standard InChI is InChI=1S/C18H17NO6/c1-12(2)25-18(21)14-8-6-13(7-9-14)11-24-17(20)15-4-3-5-16(10-15)19(22)23/h3-10,12H,11H2,1-2H3. The molecule has 25 heavy (non-hydrogen) atoms. The molecule has 0 aliphatic rings. The number of nitro benzene ring substituents is 1. The summed E-state index contributed by atoms with van der Waals surface area (Å²) in [5.74, 6) is -1.08. The van der Waals surface area contributed by atoms with Gasteiger partial charge in [0.15, 0.2) is 0 Å². The molecule has 0 bridgehead atoms. The largest absolute Gasteiger partial charge is 0.459 e. The molecule has 2 rings (SSSR count). The van der Waals surface area contributed by atoms with Crippen molar-refractivity contribution in [2.45, 2.75) is 26.6 Å². The van der Waals surface area contributed by atoms with Crippen LogP contribution in [0.15, 0.2) is 48.5 Å². The fraction of sp³-hybridized carbons (Fsp3) is 0.222. The fourth-order valence-electron chi connectivity index (χ4n) is 2.00. The molecule has 2 aromatic rings.